The Morgan fingerprint density at radius 3 is 1.68 bits per heavy atom. The Morgan fingerprint density at radius 2 is 1.15 bits per heavy atom. The molecule has 1 amide bonds. The van der Waals surface area contributed by atoms with E-state index in [0.717, 1.165) is 64.2 Å². The predicted molar refractivity (Wildman–Crippen MR) is 224 cm³/mol. The minimum atomic E-state index is -4.59. The van der Waals surface area contributed by atoms with Crippen LogP contribution >= 0.6 is 7.82 Å². The molecular weight excluding hydrogens is 683 g/mol. The number of allylic oxidation sites excluding steroid dienone is 7. The van der Waals surface area contributed by atoms with Gasteiger partial charge in [-0.05, 0) is 51.4 Å². The van der Waals surface area contributed by atoms with Crippen molar-refractivity contribution >= 4 is 13.7 Å². The van der Waals surface area contributed by atoms with Crippen LogP contribution < -0.4 is 10.2 Å². The highest BCUT2D eigenvalue weighted by molar-refractivity contribution is 7.45. The van der Waals surface area contributed by atoms with E-state index in [2.05, 4.69) is 55.6 Å². The molecule has 3 atom stereocenters. The summed E-state index contributed by atoms with van der Waals surface area (Å²) in [7, 11) is 1.23. The number of phosphoric ester groups is 1. The van der Waals surface area contributed by atoms with Gasteiger partial charge in [-0.15, -0.1) is 0 Å². The van der Waals surface area contributed by atoms with E-state index in [1.165, 1.54) is 89.9 Å². The lowest BCUT2D eigenvalue weighted by Gasteiger charge is -2.29. The summed E-state index contributed by atoms with van der Waals surface area (Å²) in [6.45, 7) is 4.49. The number of quaternary nitrogens is 1. The molecule has 0 saturated heterocycles. The topological polar surface area (TPSA) is 108 Å². The molecule has 0 aromatic rings. The Kier molecular flexibility index (Phi) is 35.1. The van der Waals surface area contributed by atoms with E-state index in [1.807, 2.05) is 27.2 Å². The standard InChI is InChI=1S/C44H83N2O6P/c1-6-8-10-12-14-16-18-20-21-22-23-24-26-27-29-31-33-35-37-43(47)42(41-52-53(49,50)51-40-39-46(3,4)5)45-44(48)38-36-34-32-30-28-25-19-17-15-13-11-9-7-2/h9,11,15,17,25,28,35,37,42-43,47H,6-8,10,12-14,16,18-24,26-27,29-34,36,38-41H2,1-5H3,(H-,45,48,49,50)/b11-9-,17-15-,28-25-,37-35+. The molecule has 0 spiro atoms. The van der Waals surface area contributed by atoms with E-state index >= 15 is 0 Å². The van der Waals surface area contributed by atoms with Crippen LogP contribution in [0.15, 0.2) is 48.6 Å². The van der Waals surface area contributed by atoms with Crippen LogP contribution in [0.25, 0.3) is 0 Å². The number of carbonyl (C=O) groups excluding carboxylic acids is 1. The Hall–Kier alpha value is -1.54. The predicted octanol–water partition coefficient (Wildman–Crippen LogP) is 11.1. The molecule has 0 aliphatic rings. The van der Waals surface area contributed by atoms with Crippen LogP contribution in [0.1, 0.15) is 174 Å². The number of unbranched alkanes of at least 4 members (excludes halogenated alkanes) is 19. The van der Waals surface area contributed by atoms with Crippen LogP contribution in [0.5, 0.6) is 0 Å². The average molecular weight is 767 g/mol. The molecule has 3 unspecified atom stereocenters. The van der Waals surface area contributed by atoms with Gasteiger partial charge in [0.1, 0.15) is 13.2 Å². The van der Waals surface area contributed by atoms with Crippen molar-refractivity contribution in [3.05, 3.63) is 48.6 Å². The molecule has 0 radical (unpaired) electrons. The van der Waals surface area contributed by atoms with Crippen molar-refractivity contribution in [3.8, 4) is 0 Å². The first-order valence-corrected chi connectivity index (χ1v) is 23.0. The smallest absolute Gasteiger partial charge is 0.268 e. The summed E-state index contributed by atoms with van der Waals surface area (Å²) in [6.07, 6.45) is 44.4. The van der Waals surface area contributed by atoms with Gasteiger partial charge in [-0.3, -0.25) is 9.36 Å². The van der Waals surface area contributed by atoms with Gasteiger partial charge < -0.3 is 28.8 Å². The van der Waals surface area contributed by atoms with Gasteiger partial charge in [0.2, 0.25) is 5.91 Å². The molecule has 0 aliphatic carbocycles. The lowest BCUT2D eigenvalue weighted by molar-refractivity contribution is -0.870. The molecule has 0 aromatic heterocycles. The number of rotatable bonds is 38. The first-order valence-electron chi connectivity index (χ1n) is 21.5. The molecule has 53 heavy (non-hydrogen) atoms. The molecule has 0 saturated carbocycles. The van der Waals surface area contributed by atoms with Gasteiger partial charge in [0.05, 0.1) is 39.9 Å². The number of nitrogens with one attached hydrogen (secondary N) is 1. The van der Waals surface area contributed by atoms with Gasteiger partial charge in [-0.1, -0.05) is 165 Å². The van der Waals surface area contributed by atoms with E-state index in [1.54, 1.807) is 6.08 Å². The fraction of sp³-hybridized carbons (Fsp3) is 0.795. The second kappa shape index (κ2) is 36.1. The Balaban J connectivity index is 4.48. The number of carbonyl (C=O) groups is 1. The maximum atomic E-state index is 12.8. The lowest BCUT2D eigenvalue weighted by Crippen LogP contribution is -2.45. The maximum absolute atomic E-state index is 12.8. The summed E-state index contributed by atoms with van der Waals surface area (Å²) in [5, 5.41) is 13.7. The fourth-order valence-corrected chi connectivity index (χ4v) is 6.59. The molecule has 9 heteroatoms. The van der Waals surface area contributed by atoms with Crippen molar-refractivity contribution in [1.29, 1.82) is 0 Å². The van der Waals surface area contributed by atoms with Crippen molar-refractivity contribution in [2.24, 2.45) is 0 Å². The third-order valence-electron chi connectivity index (χ3n) is 9.29. The van der Waals surface area contributed by atoms with Crippen LogP contribution in [0.2, 0.25) is 0 Å². The van der Waals surface area contributed by atoms with E-state index in [-0.39, 0.29) is 12.5 Å². The first-order chi connectivity index (χ1) is 25.5. The fourth-order valence-electron chi connectivity index (χ4n) is 5.87. The SMILES string of the molecule is CC/C=C\C/C=C\C/C=C\CCCCCC(=O)NC(COP(=O)([O-])OCC[N+](C)(C)C)C(O)/C=C/CCCCCCCCCCCCCCCCCC. The summed E-state index contributed by atoms with van der Waals surface area (Å²) in [4.78, 5) is 25.2. The van der Waals surface area contributed by atoms with E-state index in [0.29, 0.717) is 17.4 Å². The average Bonchev–Trinajstić information content (AvgIpc) is 3.10. The van der Waals surface area contributed by atoms with Crippen LogP contribution in [0, 0.1) is 0 Å². The minimum absolute atomic E-state index is 0.00833. The molecule has 310 valence electrons. The summed E-state index contributed by atoms with van der Waals surface area (Å²) < 4.78 is 23.1. The van der Waals surface area contributed by atoms with Crippen LogP contribution in [-0.2, 0) is 18.4 Å². The number of amides is 1. The van der Waals surface area contributed by atoms with Gasteiger partial charge in [0, 0.05) is 6.42 Å². The molecular formula is C44H83N2O6P. The number of phosphoric acid groups is 1. The zero-order valence-corrected chi connectivity index (χ0v) is 35.8. The summed E-state index contributed by atoms with van der Waals surface area (Å²) >= 11 is 0. The molecule has 0 aromatic carbocycles. The largest absolute Gasteiger partial charge is 0.756 e. The van der Waals surface area contributed by atoms with E-state index in [9.17, 15) is 19.4 Å². The maximum Gasteiger partial charge on any atom is 0.268 e. The number of hydrogen-bond donors (Lipinski definition) is 2. The van der Waals surface area contributed by atoms with Gasteiger partial charge in [-0.25, -0.2) is 0 Å². The molecule has 0 aliphatic heterocycles. The highest BCUT2D eigenvalue weighted by Crippen LogP contribution is 2.38. The van der Waals surface area contributed by atoms with Gasteiger partial charge in [0.25, 0.3) is 7.82 Å². The minimum Gasteiger partial charge on any atom is -0.756 e. The number of hydrogen-bond acceptors (Lipinski definition) is 6. The Bertz CT molecular complexity index is 1010. The summed E-state index contributed by atoms with van der Waals surface area (Å²) in [5.74, 6) is -0.228. The Labute approximate surface area is 327 Å². The third-order valence-corrected chi connectivity index (χ3v) is 10.3. The number of nitrogens with zero attached hydrogens (tertiary/aromatic N) is 1. The number of aliphatic hydroxyl groups is 1. The first kappa shape index (κ1) is 51.5. The molecule has 0 heterocycles. The normalized spacial score (nSPS) is 14.9. The van der Waals surface area contributed by atoms with Gasteiger partial charge in [0.15, 0.2) is 0 Å². The zero-order valence-electron chi connectivity index (χ0n) is 35.0. The quantitative estimate of drug-likeness (QED) is 0.0280. The third kappa shape index (κ3) is 38.5. The van der Waals surface area contributed by atoms with Crippen molar-refractivity contribution in [1.82, 2.24) is 5.32 Å². The molecule has 0 rings (SSSR count). The van der Waals surface area contributed by atoms with Crippen molar-refractivity contribution in [3.63, 3.8) is 0 Å². The van der Waals surface area contributed by atoms with Crippen LogP contribution in [0.3, 0.4) is 0 Å². The monoisotopic (exact) mass is 767 g/mol. The van der Waals surface area contributed by atoms with Crippen molar-refractivity contribution < 1.29 is 32.9 Å². The van der Waals surface area contributed by atoms with E-state index < -0.39 is 26.6 Å². The Morgan fingerprint density at radius 1 is 0.679 bits per heavy atom. The molecule has 8 nitrogen and oxygen atoms in total. The molecule has 0 bridgehead atoms. The van der Waals surface area contributed by atoms with Crippen LogP contribution in [-0.4, -0.2) is 68.5 Å². The van der Waals surface area contributed by atoms with Crippen molar-refractivity contribution in [2.45, 2.75) is 187 Å². The highest BCUT2D eigenvalue weighted by Gasteiger charge is 2.23. The number of likely N-dealkylation sites (N-methyl/N-ethyl adjacent to an activating group) is 1. The second-order valence-electron chi connectivity index (χ2n) is 15.7. The molecule has 0 fully saturated rings. The van der Waals surface area contributed by atoms with Gasteiger partial charge in [-0.2, -0.15) is 0 Å². The zero-order chi connectivity index (χ0) is 39.3. The van der Waals surface area contributed by atoms with Crippen molar-refractivity contribution in [2.75, 3.05) is 40.9 Å². The van der Waals surface area contributed by atoms with E-state index in [4.69, 9.17) is 9.05 Å². The lowest BCUT2D eigenvalue weighted by atomic mass is 10.0. The summed E-state index contributed by atoms with van der Waals surface area (Å²) in [6, 6.07) is -0.901. The number of aliphatic hydroxyl groups excluding tert-OH is 1. The molecule has 2 N–H and O–H groups in total. The highest BCUT2D eigenvalue weighted by atomic mass is 31.2. The van der Waals surface area contributed by atoms with Gasteiger partial charge >= 0.3 is 0 Å². The second-order valence-corrected chi connectivity index (χ2v) is 17.1. The van der Waals surface area contributed by atoms with Crippen LogP contribution in [0.4, 0.5) is 0 Å². The summed E-state index contributed by atoms with van der Waals surface area (Å²) in [5.41, 5.74) is 0.